The van der Waals surface area contributed by atoms with Crippen LogP contribution in [0.5, 0.6) is 11.5 Å². The fraction of sp³-hybridized carbons (Fsp3) is 0.0526. The van der Waals surface area contributed by atoms with E-state index in [1.807, 2.05) is 0 Å². The zero-order valence-electron chi connectivity index (χ0n) is 22.4. The highest BCUT2D eigenvalue weighted by Gasteiger charge is 2.45. The maximum Gasteiger partial charge on any atom is 0.254 e. The Balaban J connectivity index is 2.06. The lowest BCUT2D eigenvalue weighted by Crippen LogP contribution is -2.75. The first-order chi connectivity index (χ1) is 15.4. The van der Waals surface area contributed by atoms with E-state index < -0.39 is 0 Å². The molecule has 0 bridgehead atoms. The number of anilines is 2. The van der Waals surface area contributed by atoms with Crippen LogP contribution in [0.2, 0.25) is 0 Å². The van der Waals surface area contributed by atoms with E-state index in [4.69, 9.17) is 4.74 Å². The van der Waals surface area contributed by atoms with Gasteiger partial charge in [-0.25, -0.2) is 0 Å². The van der Waals surface area contributed by atoms with Crippen LogP contribution in [0.1, 0.15) is 0 Å². The number of hydrogen-bond acceptors (Lipinski definition) is 2. The van der Waals surface area contributed by atoms with E-state index in [9.17, 15) is 0 Å². The van der Waals surface area contributed by atoms with Gasteiger partial charge < -0.3 is 9.64 Å². The van der Waals surface area contributed by atoms with E-state index >= 15 is 0 Å². The number of ether oxygens (including phenoxy) is 1. The third-order valence-corrected chi connectivity index (χ3v) is 9.44. The largest absolute Gasteiger partial charge is 0.460 e. The summed E-state index contributed by atoms with van der Waals surface area (Å²) < 4.78 is 6.90. The lowest BCUT2D eigenvalue weighted by molar-refractivity contribution is 0.496. The predicted molar refractivity (Wildman–Crippen MR) is 182 cm³/mol. The number of fused-ring (bicyclic) bond motifs is 4. The second kappa shape index (κ2) is 7.27. The molecule has 5 rings (SSSR count). The summed E-state index contributed by atoms with van der Waals surface area (Å²) in [6.07, 6.45) is 0. The molecule has 0 spiro atoms. The van der Waals surface area contributed by atoms with Gasteiger partial charge in [0.2, 0.25) is 0 Å². The maximum absolute atomic E-state index is 6.90. The molecular weight excluding hydrogens is 388 g/mol. The minimum Gasteiger partial charge on any atom is -0.460 e. The van der Waals surface area contributed by atoms with Crippen molar-refractivity contribution in [3.63, 3.8) is 0 Å². The van der Waals surface area contributed by atoms with Crippen LogP contribution in [0.25, 0.3) is 0 Å². The summed E-state index contributed by atoms with van der Waals surface area (Å²) in [5.41, 5.74) is 21.9. The molecule has 14 heteroatoms. The van der Waals surface area contributed by atoms with E-state index in [0.29, 0.717) is 0 Å². The molecule has 0 atom stereocenters. The molecule has 2 aliphatic heterocycles. The van der Waals surface area contributed by atoms with Crippen molar-refractivity contribution in [3.8, 4) is 11.5 Å². The maximum atomic E-state index is 6.90. The monoisotopic (exact) mass is 415 g/mol. The second-order valence-electron chi connectivity index (χ2n) is 10.6. The lowest BCUT2D eigenvalue weighted by atomic mass is 9.29. The van der Waals surface area contributed by atoms with E-state index in [1.165, 1.54) is 87.9 Å². The van der Waals surface area contributed by atoms with Gasteiger partial charge in [0.05, 0.1) is 0 Å². The van der Waals surface area contributed by atoms with Crippen molar-refractivity contribution in [2.75, 3.05) is 11.9 Å². The summed E-state index contributed by atoms with van der Waals surface area (Å²) in [7, 11) is 27.3. The summed E-state index contributed by atoms with van der Waals surface area (Å²) in [6, 6.07) is 0. The van der Waals surface area contributed by atoms with Crippen molar-refractivity contribution < 1.29 is 4.74 Å². The Kier molecular flexibility index (Phi) is 5.02. The first-order valence-corrected chi connectivity index (χ1v) is 12.2. The van der Waals surface area contributed by atoms with Gasteiger partial charge in [0, 0.05) is 18.4 Å². The summed E-state index contributed by atoms with van der Waals surface area (Å²) in [5.74, 6) is 2.15. The van der Waals surface area contributed by atoms with Crippen LogP contribution in [0.3, 0.4) is 0 Å². The Bertz CT molecular complexity index is 1410. The normalized spacial score (nSPS) is 13.2. The van der Waals surface area contributed by atoms with Gasteiger partial charge in [-0.1, -0.05) is 54.6 Å². The van der Waals surface area contributed by atoms with Gasteiger partial charge in [0.25, 0.3) is 6.71 Å². The van der Waals surface area contributed by atoms with Crippen molar-refractivity contribution in [3.05, 3.63) is 0 Å². The number of nitrogens with zero attached hydrogens (tertiary/aromatic N) is 1. The van der Waals surface area contributed by atoms with Gasteiger partial charge in [-0.2, -0.15) is 0 Å². The fourth-order valence-electron chi connectivity index (χ4n) is 6.51. The van der Waals surface area contributed by atoms with Crippen LogP contribution in [-0.2, 0) is 0 Å². The minimum absolute atomic E-state index is 0.193. The smallest absolute Gasteiger partial charge is 0.254 e. The molecule has 33 heavy (non-hydrogen) atoms. The lowest BCUT2D eigenvalue weighted by Gasteiger charge is -2.44. The summed E-state index contributed by atoms with van der Waals surface area (Å²) >= 11 is 0. The molecule has 0 saturated heterocycles. The van der Waals surface area contributed by atoms with E-state index in [-0.39, 0.29) is 6.71 Å². The number of hydrogen-bond donors (Lipinski definition) is 0. The topological polar surface area (TPSA) is 12.5 Å². The highest BCUT2D eigenvalue weighted by atomic mass is 16.5. The van der Waals surface area contributed by atoms with Crippen molar-refractivity contribution in [2.45, 2.75) is 0 Å². The fourth-order valence-corrected chi connectivity index (χ4v) is 6.51. The zero-order chi connectivity index (χ0) is 24.3. The van der Waals surface area contributed by atoms with Crippen molar-refractivity contribution in [1.29, 1.82) is 0 Å². The van der Waals surface area contributed by atoms with Gasteiger partial charge in [-0.3, -0.25) is 0 Å². The summed E-state index contributed by atoms with van der Waals surface area (Å²) in [5, 5.41) is 0. The van der Waals surface area contributed by atoms with E-state index in [2.05, 4.69) is 98.3 Å². The Hall–Kier alpha value is -1.96. The molecule has 0 N–H and O–H groups in total. The third kappa shape index (κ3) is 2.67. The van der Waals surface area contributed by atoms with Crippen molar-refractivity contribution in [2.24, 2.45) is 0 Å². The molecule has 2 aliphatic rings. The first-order valence-electron chi connectivity index (χ1n) is 12.2. The van der Waals surface area contributed by atoms with Gasteiger partial charge in [-0.15, -0.1) is 10.9 Å². The standard InChI is InChI=1S/C19H25B12NO/c1-32-16-9(27)4(22)2(20)7(25)13(16)31-14-8(26)3(21)5(23)11(29)18(14)33-19-12(30)6(24)10(28)17(32)15(19)31/h20-30H2,1H3. The Labute approximate surface area is 208 Å². The van der Waals surface area contributed by atoms with Gasteiger partial charge in [-0.05, 0) is 10.9 Å². The molecule has 0 aliphatic carbocycles. The molecular formula is C19H25B12NO. The molecule has 3 aromatic rings. The third-order valence-electron chi connectivity index (χ3n) is 9.44. The van der Waals surface area contributed by atoms with Crippen LogP contribution in [-0.4, -0.2) is 100 Å². The Morgan fingerprint density at radius 1 is 0.455 bits per heavy atom. The molecule has 0 amide bonds. The van der Waals surface area contributed by atoms with Gasteiger partial charge >= 0.3 is 0 Å². The summed E-state index contributed by atoms with van der Waals surface area (Å²) in [6.45, 7) is 0.193. The van der Waals surface area contributed by atoms with E-state index in [1.54, 1.807) is 0 Å². The van der Waals surface area contributed by atoms with Crippen LogP contribution in [0, 0.1) is 0 Å². The minimum atomic E-state index is 0.193. The average molecular weight is 413 g/mol. The van der Waals surface area contributed by atoms with Crippen molar-refractivity contribution in [1.82, 2.24) is 0 Å². The molecule has 0 fully saturated rings. The van der Waals surface area contributed by atoms with Crippen LogP contribution < -0.4 is 86.1 Å². The highest BCUT2D eigenvalue weighted by molar-refractivity contribution is 7.04. The molecule has 0 unspecified atom stereocenters. The molecule has 0 aromatic heterocycles. The molecule has 0 radical (unpaired) electrons. The van der Waals surface area contributed by atoms with E-state index in [0.717, 1.165) is 11.5 Å². The van der Waals surface area contributed by atoms with Gasteiger partial charge in [0.1, 0.15) is 97.8 Å². The Morgan fingerprint density at radius 3 is 1.36 bits per heavy atom. The molecule has 2 heterocycles. The SMILES string of the molecule is Bc1c(B)c(B)c2c(c1B)Oc1c(B)c(B)c(B)c3c1B2c1c(B)c(B)c(B)c(B)c1N3C. The first kappa shape index (κ1) is 22.8. The highest BCUT2D eigenvalue weighted by Crippen LogP contribution is 2.29. The Morgan fingerprint density at radius 2 is 0.818 bits per heavy atom. The van der Waals surface area contributed by atoms with Crippen LogP contribution >= 0.6 is 0 Å². The van der Waals surface area contributed by atoms with Gasteiger partial charge in [0.15, 0.2) is 0 Å². The van der Waals surface area contributed by atoms with Crippen LogP contribution in [0.15, 0.2) is 0 Å². The van der Waals surface area contributed by atoms with Crippen LogP contribution in [0.4, 0.5) is 11.4 Å². The average Bonchev–Trinajstić information content (AvgIpc) is 2.79. The number of benzene rings is 3. The van der Waals surface area contributed by atoms with Crippen molar-refractivity contribution >= 4 is 181 Å². The number of rotatable bonds is 0. The zero-order valence-corrected chi connectivity index (χ0v) is 22.4. The predicted octanol–water partition coefficient (Wildman–Crippen LogP) is -16.8. The molecule has 0 saturated carbocycles. The second-order valence-corrected chi connectivity index (χ2v) is 10.6. The molecule has 2 nitrogen and oxygen atoms in total. The summed E-state index contributed by atoms with van der Waals surface area (Å²) in [4.78, 5) is 2.46. The molecule has 148 valence electrons. The molecule has 3 aromatic carbocycles. The quantitative estimate of drug-likeness (QED) is 0.266.